The number of aliphatic hydroxyl groups excluding tert-OH is 1. The van der Waals surface area contributed by atoms with Crippen molar-refractivity contribution >= 4 is 10.0 Å². The first kappa shape index (κ1) is 15.4. The molecule has 8 heteroatoms. The molecular weight excluding hydrogens is 282 g/mol. The number of aromatic nitrogens is 2. The van der Waals surface area contributed by atoms with Gasteiger partial charge in [0.1, 0.15) is 4.90 Å². The van der Waals surface area contributed by atoms with E-state index in [1.807, 2.05) is 0 Å². The molecule has 0 bridgehead atoms. The number of hydrogen-bond donors (Lipinski definition) is 1. The third kappa shape index (κ3) is 3.38. The smallest absolute Gasteiger partial charge is 0.246 e. The number of aliphatic hydroxyl groups is 1. The highest BCUT2D eigenvalue weighted by Crippen LogP contribution is 2.21. The first-order valence-corrected chi connectivity index (χ1v) is 8.19. The van der Waals surface area contributed by atoms with E-state index in [9.17, 15) is 8.42 Å². The SMILES string of the molecule is CN(C1CCOCC1)S(=O)(=O)c1cnn(CCCO)c1. The average molecular weight is 303 g/mol. The summed E-state index contributed by atoms with van der Waals surface area (Å²) in [6.07, 6.45) is 4.86. The lowest BCUT2D eigenvalue weighted by Gasteiger charge is -2.29. The van der Waals surface area contributed by atoms with E-state index in [0.717, 1.165) is 0 Å². The van der Waals surface area contributed by atoms with Crippen LogP contribution in [0.3, 0.4) is 0 Å². The number of aryl methyl sites for hydroxylation is 1. The highest BCUT2D eigenvalue weighted by atomic mass is 32.2. The Morgan fingerprint density at radius 2 is 2.20 bits per heavy atom. The van der Waals surface area contributed by atoms with Gasteiger partial charge in [0.05, 0.1) is 6.20 Å². The molecule has 0 atom stereocenters. The maximum absolute atomic E-state index is 12.5. The summed E-state index contributed by atoms with van der Waals surface area (Å²) in [4.78, 5) is 0.199. The van der Waals surface area contributed by atoms with Crippen LogP contribution in [0.1, 0.15) is 19.3 Å². The third-order valence-electron chi connectivity index (χ3n) is 3.54. The molecule has 0 aliphatic carbocycles. The van der Waals surface area contributed by atoms with Gasteiger partial charge in [0.15, 0.2) is 0 Å². The summed E-state index contributed by atoms with van der Waals surface area (Å²) in [5.41, 5.74) is 0. The van der Waals surface area contributed by atoms with E-state index in [4.69, 9.17) is 9.84 Å². The third-order valence-corrected chi connectivity index (χ3v) is 5.40. The van der Waals surface area contributed by atoms with Crippen LogP contribution in [0.2, 0.25) is 0 Å². The van der Waals surface area contributed by atoms with Crippen LogP contribution < -0.4 is 0 Å². The van der Waals surface area contributed by atoms with Crippen molar-refractivity contribution in [2.75, 3.05) is 26.9 Å². The van der Waals surface area contributed by atoms with Crippen LogP contribution in [0, 0.1) is 0 Å². The summed E-state index contributed by atoms with van der Waals surface area (Å²) >= 11 is 0. The summed E-state index contributed by atoms with van der Waals surface area (Å²) < 4.78 is 33.2. The van der Waals surface area contributed by atoms with Gasteiger partial charge >= 0.3 is 0 Å². The van der Waals surface area contributed by atoms with Gasteiger partial charge in [-0.1, -0.05) is 0 Å². The predicted octanol–water partition coefficient (Wildman–Crippen LogP) is 0.0650. The van der Waals surface area contributed by atoms with E-state index < -0.39 is 10.0 Å². The second-order valence-corrected chi connectivity index (χ2v) is 6.88. The molecule has 1 fully saturated rings. The molecule has 1 N–H and O–H groups in total. The Balaban J connectivity index is 2.10. The second kappa shape index (κ2) is 6.66. The van der Waals surface area contributed by atoms with Crippen LogP contribution >= 0.6 is 0 Å². The summed E-state index contributed by atoms with van der Waals surface area (Å²) in [6.45, 7) is 1.76. The molecule has 20 heavy (non-hydrogen) atoms. The van der Waals surface area contributed by atoms with Gasteiger partial charge in [-0.15, -0.1) is 0 Å². The first-order chi connectivity index (χ1) is 9.55. The number of sulfonamides is 1. The van der Waals surface area contributed by atoms with E-state index in [1.165, 1.54) is 16.7 Å². The van der Waals surface area contributed by atoms with Crippen LogP contribution in [0.5, 0.6) is 0 Å². The van der Waals surface area contributed by atoms with Gasteiger partial charge in [-0.3, -0.25) is 4.68 Å². The maximum atomic E-state index is 12.5. The average Bonchev–Trinajstić information content (AvgIpc) is 2.94. The van der Waals surface area contributed by atoms with E-state index in [1.54, 1.807) is 11.7 Å². The molecule has 0 radical (unpaired) electrons. The lowest BCUT2D eigenvalue weighted by atomic mass is 10.1. The minimum Gasteiger partial charge on any atom is -0.396 e. The molecule has 0 unspecified atom stereocenters. The Hall–Kier alpha value is -0.960. The van der Waals surface area contributed by atoms with Gasteiger partial charge in [0.25, 0.3) is 0 Å². The Morgan fingerprint density at radius 1 is 1.50 bits per heavy atom. The van der Waals surface area contributed by atoms with E-state index in [2.05, 4.69) is 5.10 Å². The van der Waals surface area contributed by atoms with Crippen molar-refractivity contribution in [2.24, 2.45) is 0 Å². The molecule has 0 spiro atoms. The zero-order chi connectivity index (χ0) is 14.6. The molecule has 0 saturated carbocycles. The van der Waals surface area contributed by atoms with E-state index in [0.29, 0.717) is 39.0 Å². The summed E-state index contributed by atoms with van der Waals surface area (Å²) in [5, 5.41) is 12.8. The van der Waals surface area contributed by atoms with Crippen LogP contribution in [0.25, 0.3) is 0 Å². The van der Waals surface area contributed by atoms with Crippen molar-refractivity contribution in [2.45, 2.75) is 36.7 Å². The van der Waals surface area contributed by atoms with Crippen molar-refractivity contribution in [3.8, 4) is 0 Å². The van der Waals surface area contributed by atoms with Crippen molar-refractivity contribution < 1.29 is 18.3 Å². The lowest BCUT2D eigenvalue weighted by molar-refractivity contribution is 0.0632. The quantitative estimate of drug-likeness (QED) is 0.803. The maximum Gasteiger partial charge on any atom is 0.246 e. The van der Waals surface area contributed by atoms with Gasteiger partial charge in [0, 0.05) is 45.7 Å². The standard InChI is InChI=1S/C12H21N3O4S/c1-14(11-3-7-19-8-4-11)20(17,18)12-9-13-15(10-12)5-2-6-16/h9-11,16H,2-8H2,1H3. The van der Waals surface area contributed by atoms with Crippen LogP contribution in [0.15, 0.2) is 17.3 Å². The summed E-state index contributed by atoms with van der Waals surface area (Å²) in [6, 6.07) is -0.0189. The molecular formula is C12H21N3O4S. The monoisotopic (exact) mass is 303 g/mol. The van der Waals surface area contributed by atoms with Crippen LogP contribution in [-0.4, -0.2) is 60.5 Å². The Morgan fingerprint density at radius 3 is 2.85 bits per heavy atom. The lowest BCUT2D eigenvalue weighted by Crippen LogP contribution is -2.40. The molecule has 1 saturated heterocycles. The normalized spacial score (nSPS) is 17.8. The minimum absolute atomic E-state index is 0.0189. The molecule has 1 aliphatic rings. The fraction of sp³-hybridized carbons (Fsp3) is 0.750. The second-order valence-electron chi connectivity index (χ2n) is 4.88. The Bertz CT molecular complexity index is 523. The fourth-order valence-electron chi connectivity index (χ4n) is 2.24. The summed E-state index contributed by atoms with van der Waals surface area (Å²) in [7, 11) is -1.90. The number of nitrogens with zero attached hydrogens (tertiary/aromatic N) is 3. The largest absolute Gasteiger partial charge is 0.396 e. The van der Waals surface area contributed by atoms with Crippen molar-refractivity contribution in [3.05, 3.63) is 12.4 Å². The topological polar surface area (TPSA) is 84.7 Å². The van der Waals surface area contributed by atoms with Gasteiger partial charge < -0.3 is 9.84 Å². The highest BCUT2D eigenvalue weighted by Gasteiger charge is 2.30. The highest BCUT2D eigenvalue weighted by molar-refractivity contribution is 7.89. The zero-order valence-electron chi connectivity index (χ0n) is 11.6. The molecule has 0 amide bonds. The molecule has 2 heterocycles. The van der Waals surface area contributed by atoms with Crippen molar-refractivity contribution in [1.29, 1.82) is 0 Å². The molecule has 1 aromatic rings. The van der Waals surface area contributed by atoms with Gasteiger partial charge in [-0.25, -0.2) is 8.42 Å². The van der Waals surface area contributed by atoms with E-state index >= 15 is 0 Å². The number of rotatable bonds is 6. The van der Waals surface area contributed by atoms with Crippen molar-refractivity contribution in [3.63, 3.8) is 0 Å². The first-order valence-electron chi connectivity index (χ1n) is 6.75. The minimum atomic E-state index is -3.51. The number of ether oxygens (including phenoxy) is 1. The van der Waals surface area contributed by atoms with Crippen LogP contribution in [0.4, 0.5) is 0 Å². The Kier molecular flexibility index (Phi) is 5.14. The van der Waals surface area contributed by atoms with Gasteiger partial charge in [-0.05, 0) is 19.3 Å². The molecule has 2 rings (SSSR count). The molecule has 0 aromatic carbocycles. The van der Waals surface area contributed by atoms with Gasteiger partial charge in [0.2, 0.25) is 10.0 Å². The number of hydrogen-bond acceptors (Lipinski definition) is 5. The molecule has 1 aliphatic heterocycles. The summed E-state index contributed by atoms with van der Waals surface area (Å²) in [5.74, 6) is 0. The molecule has 7 nitrogen and oxygen atoms in total. The van der Waals surface area contributed by atoms with E-state index in [-0.39, 0.29) is 17.5 Å². The van der Waals surface area contributed by atoms with Crippen LogP contribution in [-0.2, 0) is 21.3 Å². The fourth-order valence-corrected chi connectivity index (χ4v) is 3.62. The van der Waals surface area contributed by atoms with Crippen molar-refractivity contribution in [1.82, 2.24) is 14.1 Å². The van der Waals surface area contributed by atoms with Gasteiger partial charge in [-0.2, -0.15) is 9.40 Å². The molecule has 1 aromatic heterocycles. The predicted molar refractivity (Wildman–Crippen MR) is 72.7 cm³/mol. The molecule has 114 valence electrons. The zero-order valence-corrected chi connectivity index (χ0v) is 12.4. The Labute approximate surface area is 119 Å².